The highest BCUT2D eigenvalue weighted by Gasteiger charge is 2.05. The summed E-state index contributed by atoms with van der Waals surface area (Å²) in [6.45, 7) is 8.16. The normalized spacial score (nSPS) is 16.3. The van der Waals surface area contributed by atoms with E-state index in [0.717, 1.165) is 11.3 Å². The van der Waals surface area contributed by atoms with Gasteiger partial charge in [0, 0.05) is 17.5 Å². The van der Waals surface area contributed by atoms with E-state index >= 15 is 0 Å². The predicted octanol–water partition coefficient (Wildman–Crippen LogP) is 2.35. The summed E-state index contributed by atoms with van der Waals surface area (Å²) in [5, 5.41) is 3.07. The lowest BCUT2D eigenvalue weighted by Crippen LogP contribution is -2.08. The molecule has 1 nitrogen and oxygen atoms in total. The Balaban J connectivity index is 2.99. The van der Waals surface area contributed by atoms with Crippen molar-refractivity contribution in [1.82, 2.24) is 5.32 Å². The van der Waals surface area contributed by atoms with E-state index in [1.165, 1.54) is 0 Å². The van der Waals surface area contributed by atoms with Gasteiger partial charge in [0.2, 0.25) is 0 Å². The van der Waals surface area contributed by atoms with Crippen LogP contribution in [-0.4, -0.2) is 0 Å². The lowest BCUT2D eigenvalue weighted by atomic mass is 10.0. The molecule has 0 saturated carbocycles. The zero-order valence-corrected chi connectivity index (χ0v) is 7.02. The molecule has 0 amide bonds. The predicted molar refractivity (Wildman–Crippen MR) is 47.8 cm³/mol. The Hall–Kier alpha value is -1.20. The standard InChI is InChI=1S/C10H13N/c1-8(2)10-6-4-5-7-11-9(10)3/h4-5,7-8,11H,3H2,1-2H3. The highest BCUT2D eigenvalue weighted by Crippen LogP contribution is 2.15. The summed E-state index contributed by atoms with van der Waals surface area (Å²) in [5.41, 5.74) is 5.27. The van der Waals surface area contributed by atoms with Crippen molar-refractivity contribution in [2.45, 2.75) is 13.8 Å². The number of hydrogen-bond donors (Lipinski definition) is 1. The van der Waals surface area contributed by atoms with Gasteiger partial charge in [-0.15, -0.1) is 5.73 Å². The van der Waals surface area contributed by atoms with Crippen LogP contribution < -0.4 is 5.32 Å². The molecule has 0 atom stereocenters. The summed E-state index contributed by atoms with van der Waals surface area (Å²) in [5.74, 6) is 0.478. The molecule has 0 bridgehead atoms. The van der Waals surface area contributed by atoms with E-state index in [4.69, 9.17) is 0 Å². The Morgan fingerprint density at radius 3 is 2.91 bits per heavy atom. The van der Waals surface area contributed by atoms with Gasteiger partial charge in [0.05, 0.1) is 0 Å². The van der Waals surface area contributed by atoms with E-state index in [-0.39, 0.29) is 0 Å². The molecular weight excluding hydrogens is 134 g/mol. The molecule has 1 N–H and O–H groups in total. The van der Waals surface area contributed by atoms with Crippen LogP contribution in [0, 0.1) is 5.92 Å². The zero-order chi connectivity index (χ0) is 8.27. The van der Waals surface area contributed by atoms with Gasteiger partial charge in [-0.2, -0.15) is 0 Å². The van der Waals surface area contributed by atoms with Crippen molar-refractivity contribution in [3.05, 3.63) is 41.9 Å². The quantitative estimate of drug-likeness (QED) is 0.561. The molecule has 58 valence electrons. The number of rotatable bonds is 1. The second kappa shape index (κ2) is 3.27. The van der Waals surface area contributed by atoms with Crippen LogP contribution in [0.2, 0.25) is 0 Å². The molecule has 0 unspecified atom stereocenters. The minimum Gasteiger partial charge on any atom is -0.361 e. The largest absolute Gasteiger partial charge is 0.361 e. The van der Waals surface area contributed by atoms with Crippen molar-refractivity contribution in [2.75, 3.05) is 0 Å². The first-order valence-electron chi connectivity index (χ1n) is 3.79. The van der Waals surface area contributed by atoms with Crippen molar-refractivity contribution in [1.29, 1.82) is 0 Å². The minimum atomic E-state index is 0.478. The van der Waals surface area contributed by atoms with Gasteiger partial charge in [-0.05, 0) is 18.1 Å². The Kier molecular flexibility index (Phi) is 2.35. The van der Waals surface area contributed by atoms with E-state index in [2.05, 4.69) is 31.5 Å². The third-order valence-electron chi connectivity index (χ3n) is 1.59. The van der Waals surface area contributed by atoms with E-state index in [1.807, 2.05) is 18.4 Å². The van der Waals surface area contributed by atoms with Crippen LogP contribution >= 0.6 is 0 Å². The van der Waals surface area contributed by atoms with Gasteiger partial charge in [0.15, 0.2) is 0 Å². The van der Waals surface area contributed by atoms with E-state index in [9.17, 15) is 0 Å². The molecular formula is C10H13N. The van der Waals surface area contributed by atoms with Gasteiger partial charge in [0.1, 0.15) is 0 Å². The molecule has 1 aliphatic heterocycles. The Labute approximate surface area is 67.8 Å². The van der Waals surface area contributed by atoms with Crippen LogP contribution in [-0.2, 0) is 0 Å². The summed E-state index contributed by atoms with van der Waals surface area (Å²) >= 11 is 0. The third-order valence-corrected chi connectivity index (χ3v) is 1.59. The van der Waals surface area contributed by atoms with Crippen molar-refractivity contribution < 1.29 is 0 Å². The maximum atomic E-state index is 3.89. The van der Waals surface area contributed by atoms with Crippen LogP contribution in [0.1, 0.15) is 13.8 Å². The second-order valence-corrected chi connectivity index (χ2v) is 2.86. The summed E-state index contributed by atoms with van der Waals surface area (Å²) in [6.07, 6.45) is 5.69. The first-order valence-corrected chi connectivity index (χ1v) is 3.79. The van der Waals surface area contributed by atoms with Crippen LogP contribution in [0.4, 0.5) is 0 Å². The SMILES string of the molecule is C=C1NC=CC=C=C1C(C)C. The van der Waals surface area contributed by atoms with Gasteiger partial charge in [-0.25, -0.2) is 0 Å². The molecule has 0 aromatic carbocycles. The van der Waals surface area contributed by atoms with Crippen molar-refractivity contribution in [3.63, 3.8) is 0 Å². The first kappa shape index (κ1) is 7.90. The first-order chi connectivity index (χ1) is 5.22. The second-order valence-electron chi connectivity index (χ2n) is 2.86. The Bertz CT molecular complexity index is 250. The van der Waals surface area contributed by atoms with Gasteiger partial charge in [-0.1, -0.05) is 20.4 Å². The Morgan fingerprint density at radius 2 is 2.27 bits per heavy atom. The molecule has 1 aliphatic rings. The number of allylic oxidation sites excluding steroid dienone is 2. The van der Waals surface area contributed by atoms with E-state index < -0.39 is 0 Å². The minimum absolute atomic E-state index is 0.478. The van der Waals surface area contributed by atoms with Crippen LogP contribution in [0.25, 0.3) is 0 Å². The van der Waals surface area contributed by atoms with Gasteiger partial charge >= 0.3 is 0 Å². The summed E-state index contributed by atoms with van der Waals surface area (Å²) < 4.78 is 0. The maximum Gasteiger partial charge on any atom is 0.0420 e. The smallest absolute Gasteiger partial charge is 0.0420 e. The highest BCUT2D eigenvalue weighted by atomic mass is 14.8. The molecule has 0 radical (unpaired) electrons. The maximum absolute atomic E-state index is 3.89. The third kappa shape index (κ3) is 1.86. The van der Waals surface area contributed by atoms with Crippen LogP contribution in [0.15, 0.2) is 41.9 Å². The van der Waals surface area contributed by atoms with Crippen molar-refractivity contribution in [2.24, 2.45) is 5.92 Å². The molecule has 1 heteroatoms. The topological polar surface area (TPSA) is 12.0 Å². The number of nitrogens with one attached hydrogen (secondary N) is 1. The molecule has 1 rings (SSSR count). The fourth-order valence-corrected chi connectivity index (χ4v) is 1.01. The summed E-state index contributed by atoms with van der Waals surface area (Å²) in [4.78, 5) is 0. The lowest BCUT2D eigenvalue weighted by Gasteiger charge is -2.10. The van der Waals surface area contributed by atoms with Gasteiger partial charge < -0.3 is 5.32 Å². The van der Waals surface area contributed by atoms with Crippen molar-refractivity contribution >= 4 is 0 Å². The average Bonchev–Trinajstić information content (AvgIpc) is 2.13. The molecule has 0 aromatic rings. The monoisotopic (exact) mass is 147 g/mol. The molecule has 0 aromatic heterocycles. The van der Waals surface area contributed by atoms with Crippen LogP contribution in [0.3, 0.4) is 0 Å². The summed E-state index contributed by atoms with van der Waals surface area (Å²) in [6, 6.07) is 0. The summed E-state index contributed by atoms with van der Waals surface area (Å²) in [7, 11) is 0. The van der Waals surface area contributed by atoms with Crippen LogP contribution in [0.5, 0.6) is 0 Å². The number of hydrogen-bond acceptors (Lipinski definition) is 1. The molecule has 1 heterocycles. The van der Waals surface area contributed by atoms with E-state index in [1.54, 1.807) is 0 Å². The average molecular weight is 147 g/mol. The van der Waals surface area contributed by atoms with E-state index in [0.29, 0.717) is 5.92 Å². The molecule has 11 heavy (non-hydrogen) atoms. The van der Waals surface area contributed by atoms with Crippen molar-refractivity contribution in [3.8, 4) is 0 Å². The zero-order valence-electron chi connectivity index (χ0n) is 7.02. The van der Waals surface area contributed by atoms with Gasteiger partial charge in [0.25, 0.3) is 0 Å². The molecule has 0 saturated heterocycles. The molecule has 0 fully saturated rings. The molecule has 0 spiro atoms. The molecule has 0 aliphatic carbocycles. The van der Waals surface area contributed by atoms with Gasteiger partial charge in [-0.3, -0.25) is 0 Å². The highest BCUT2D eigenvalue weighted by molar-refractivity contribution is 5.32. The lowest BCUT2D eigenvalue weighted by molar-refractivity contribution is 0.765. The Morgan fingerprint density at radius 1 is 1.55 bits per heavy atom. The fraction of sp³-hybridized carbons (Fsp3) is 0.300. The fourth-order valence-electron chi connectivity index (χ4n) is 1.01.